The standard InChI is InChI=1S/C30H42N2O4/c1-28-14-10-22(32-36-19-27(34)31-17-13-20-4-7-23(33)8-5-20)18-21(28)6-9-24-25(28)11-15-29(2)26(24)12-16-30(29,3)35/h4-5,7-8,18,24-26,33,35H,6,9-17,19H2,1-3H3,(H,31,34)/b32-22+/t24-,25?,26?,28+,29+,30+/m1/s1. The summed E-state index contributed by atoms with van der Waals surface area (Å²) in [7, 11) is 0. The Labute approximate surface area is 215 Å². The number of oxime groups is 1. The van der Waals surface area contributed by atoms with E-state index in [0.717, 1.165) is 49.8 Å². The largest absolute Gasteiger partial charge is 0.508 e. The molecule has 3 saturated carbocycles. The number of amides is 1. The molecular formula is C30H42N2O4. The molecule has 1 amide bonds. The van der Waals surface area contributed by atoms with Gasteiger partial charge in [0.2, 0.25) is 0 Å². The van der Waals surface area contributed by atoms with Crippen LogP contribution in [0.4, 0.5) is 0 Å². The van der Waals surface area contributed by atoms with E-state index in [9.17, 15) is 15.0 Å². The van der Waals surface area contributed by atoms with Gasteiger partial charge >= 0.3 is 0 Å². The first-order valence-electron chi connectivity index (χ1n) is 13.8. The number of hydrogen-bond acceptors (Lipinski definition) is 5. The molecule has 5 rings (SSSR count). The van der Waals surface area contributed by atoms with Crippen LogP contribution >= 0.6 is 0 Å². The smallest absolute Gasteiger partial charge is 0.260 e. The fourth-order valence-corrected chi connectivity index (χ4v) is 8.12. The van der Waals surface area contributed by atoms with Gasteiger partial charge in [0.25, 0.3) is 5.91 Å². The number of nitrogens with one attached hydrogen (secondary N) is 1. The van der Waals surface area contributed by atoms with Gasteiger partial charge in [-0.15, -0.1) is 0 Å². The van der Waals surface area contributed by atoms with Gasteiger partial charge < -0.3 is 20.4 Å². The van der Waals surface area contributed by atoms with Crippen LogP contribution in [-0.4, -0.2) is 40.6 Å². The summed E-state index contributed by atoms with van der Waals surface area (Å²) in [6.45, 7) is 7.32. The highest BCUT2D eigenvalue weighted by Gasteiger charge is 2.62. The highest BCUT2D eigenvalue weighted by Crippen LogP contribution is 2.67. The lowest BCUT2D eigenvalue weighted by atomic mass is 9.46. The van der Waals surface area contributed by atoms with Gasteiger partial charge in [0.1, 0.15) is 5.75 Å². The summed E-state index contributed by atoms with van der Waals surface area (Å²) in [5, 5.41) is 27.7. The van der Waals surface area contributed by atoms with Gasteiger partial charge in [-0.25, -0.2) is 0 Å². The second-order valence-corrected chi connectivity index (χ2v) is 12.4. The van der Waals surface area contributed by atoms with E-state index in [4.69, 9.17) is 4.84 Å². The first-order chi connectivity index (χ1) is 17.1. The first-order valence-corrected chi connectivity index (χ1v) is 13.8. The SMILES string of the molecule is C[C@]12CC/C(=N\OCC(=O)NCCc3ccc(O)cc3)C=C1CC[C@@H]1C2CC[C@@]2(C)C1CC[C@]2(C)O. The van der Waals surface area contributed by atoms with Crippen LogP contribution in [0.5, 0.6) is 5.75 Å². The van der Waals surface area contributed by atoms with Gasteiger partial charge in [-0.2, -0.15) is 0 Å². The summed E-state index contributed by atoms with van der Waals surface area (Å²) in [4.78, 5) is 17.6. The van der Waals surface area contributed by atoms with E-state index in [1.807, 2.05) is 12.1 Å². The lowest BCUT2D eigenvalue weighted by Crippen LogP contribution is -2.53. The summed E-state index contributed by atoms with van der Waals surface area (Å²) in [6.07, 6.45) is 11.7. The fraction of sp³-hybridized carbons (Fsp3) is 0.667. The molecule has 1 aromatic carbocycles. The Morgan fingerprint density at radius 2 is 1.81 bits per heavy atom. The Kier molecular flexibility index (Phi) is 6.69. The molecule has 1 aromatic rings. The maximum absolute atomic E-state index is 12.1. The topological polar surface area (TPSA) is 91.2 Å². The van der Waals surface area contributed by atoms with Crippen molar-refractivity contribution in [2.24, 2.45) is 33.7 Å². The first kappa shape index (κ1) is 25.3. The van der Waals surface area contributed by atoms with Crippen LogP contribution in [0.3, 0.4) is 0 Å². The van der Waals surface area contributed by atoms with Crippen LogP contribution in [0.15, 0.2) is 41.1 Å². The molecule has 0 saturated heterocycles. The number of benzene rings is 1. The molecule has 36 heavy (non-hydrogen) atoms. The Bertz CT molecular complexity index is 1050. The summed E-state index contributed by atoms with van der Waals surface area (Å²) in [6, 6.07) is 7.00. The highest BCUT2D eigenvalue weighted by atomic mass is 16.6. The summed E-state index contributed by atoms with van der Waals surface area (Å²) in [5.41, 5.74) is 3.25. The number of phenolic OH excluding ortho intramolecular Hbond substituents is 1. The van der Waals surface area contributed by atoms with E-state index in [1.54, 1.807) is 12.1 Å². The van der Waals surface area contributed by atoms with Crippen molar-refractivity contribution in [3.05, 3.63) is 41.5 Å². The lowest BCUT2D eigenvalue weighted by Gasteiger charge is -2.59. The van der Waals surface area contributed by atoms with Crippen LogP contribution < -0.4 is 5.32 Å². The average molecular weight is 495 g/mol. The third-order valence-corrected chi connectivity index (χ3v) is 10.6. The van der Waals surface area contributed by atoms with Crippen LogP contribution in [0.2, 0.25) is 0 Å². The number of nitrogens with zero attached hydrogens (tertiary/aromatic N) is 1. The molecule has 0 bridgehead atoms. The van der Waals surface area contributed by atoms with Crippen LogP contribution in [-0.2, 0) is 16.1 Å². The molecule has 6 atom stereocenters. The number of carbonyl (C=O) groups excluding carboxylic acids is 1. The monoisotopic (exact) mass is 494 g/mol. The summed E-state index contributed by atoms with van der Waals surface area (Å²) >= 11 is 0. The maximum atomic E-state index is 12.1. The van der Waals surface area contributed by atoms with Gasteiger partial charge in [-0.05, 0) is 117 Å². The number of carbonyl (C=O) groups is 1. The van der Waals surface area contributed by atoms with Crippen molar-refractivity contribution >= 4 is 11.6 Å². The van der Waals surface area contributed by atoms with Gasteiger partial charge in [0.15, 0.2) is 6.61 Å². The molecule has 6 heteroatoms. The normalized spacial score (nSPS) is 38.5. The van der Waals surface area contributed by atoms with Crippen LogP contribution in [0.1, 0.15) is 77.7 Å². The molecule has 4 aliphatic rings. The molecular weight excluding hydrogens is 452 g/mol. The molecule has 0 spiro atoms. The van der Waals surface area contributed by atoms with Crippen molar-refractivity contribution in [3.8, 4) is 5.75 Å². The zero-order valence-corrected chi connectivity index (χ0v) is 22.1. The summed E-state index contributed by atoms with van der Waals surface area (Å²) < 4.78 is 0. The molecule has 0 radical (unpaired) electrons. The molecule has 3 fully saturated rings. The second-order valence-electron chi connectivity index (χ2n) is 12.4. The van der Waals surface area contributed by atoms with E-state index >= 15 is 0 Å². The molecule has 0 heterocycles. The predicted octanol–water partition coefficient (Wildman–Crippen LogP) is 5.14. The third-order valence-electron chi connectivity index (χ3n) is 10.6. The number of allylic oxidation sites excluding steroid dienone is 2. The Morgan fingerprint density at radius 1 is 1.06 bits per heavy atom. The number of phenols is 1. The van der Waals surface area contributed by atoms with E-state index in [1.165, 1.54) is 18.4 Å². The molecule has 2 unspecified atom stereocenters. The van der Waals surface area contributed by atoms with Gasteiger partial charge in [0.05, 0.1) is 11.3 Å². The third kappa shape index (κ3) is 4.46. The molecule has 4 aliphatic carbocycles. The number of fused-ring (bicyclic) bond motifs is 5. The van der Waals surface area contributed by atoms with Gasteiger partial charge in [-0.3, -0.25) is 4.79 Å². The minimum atomic E-state index is -0.527. The summed E-state index contributed by atoms with van der Waals surface area (Å²) in [5.74, 6) is 2.09. The van der Waals surface area contributed by atoms with E-state index < -0.39 is 5.60 Å². The van der Waals surface area contributed by atoms with E-state index in [-0.39, 0.29) is 29.1 Å². The van der Waals surface area contributed by atoms with Gasteiger partial charge in [0, 0.05) is 6.54 Å². The molecule has 196 valence electrons. The Balaban J connectivity index is 1.15. The molecule has 6 nitrogen and oxygen atoms in total. The zero-order valence-electron chi connectivity index (χ0n) is 22.1. The average Bonchev–Trinajstić information content (AvgIpc) is 3.09. The van der Waals surface area contributed by atoms with Crippen LogP contribution in [0.25, 0.3) is 0 Å². The maximum Gasteiger partial charge on any atom is 0.260 e. The van der Waals surface area contributed by atoms with E-state index in [0.29, 0.717) is 30.7 Å². The zero-order chi connectivity index (χ0) is 25.6. The lowest BCUT2D eigenvalue weighted by molar-refractivity contribution is -0.125. The van der Waals surface area contributed by atoms with Crippen molar-refractivity contribution in [1.29, 1.82) is 0 Å². The van der Waals surface area contributed by atoms with Crippen LogP contribution in [0, 0.1) is 28.6 Å². The minimum Gasteiger partial charge on any atom is -0.508 e. The fourth-order valence-electron chi connectivity index (χ4n) is 8.12. The number of hydrogen-bond donors (Lipinski definition) is 3. The minimum absolute atomic E-state index is 0.0610. The Hall–Kier alpha value is -2.34. The molecule has 0 aliphatic heterocycles. The van der Waals surface area contributed by atoms with Crippen molar-refractivity contribution in [1.82, 2.24) is 5.32 Å². The quantitative estimate of drug-likeness (QED) is 0.478. The highest BCUT2D eigenvalue weighted by molar-refractivity contribution is 5.96. The van der Waals surface area contributed by atoms with Crippen molar-refractivity contribution in [2.75, 3.05) is 13.2 Å². The van der Waals surface area contributed by atoms with E-state index in [2.05, 4.69) is 37.3 Å². The number of rotatable bonds is 6. The molecule has 3 N–H and O–H groups in total. The number of aromatic hydroxyl groups is 1. The van der Waals surface area contributed by atoms with Crippen molar-refractivity contribution < 1.29 is 19.8 Å². The van der Waals surface area contributed by atoms with Gasteiger partial charge in [-0.1, -0.05) is 36.7 Å². The second kappa shape index (κ2) is 9.51. The Morgan fingerprint density at radius 3 is 2.58 bits per heavy atom. The number of aliphatic hydroxyl groups is 1. The molecule has 0 aromatic heterocycles. The van der Waals surface area contributed by atoms with Crippen molar-refractivity contribution in [2.45, 2.75) is 84.2 Å². The predicted molar refractivity (Wildman–Crippen MR) is 141 cm³/mol. The van der Waals surface area contributed by atoms with Crippen molar-refractivity contribution in [3.63, 3.8) is 0 Å².